The Hall–Kier alpha value is -1.08. The maximum atomic E-state index is 10.8. The summed E-state index contributed by atoms with van der Waals surface area (Å²) in [5, 5.41) is 8.38. The van der Waals surface area contributed by atoms with Gasteiger partial charge in [-0.05, 0) is 14.0 Å². The van der Waals surface area contributed by atoms with Gasteiger partial charge < -0.3 is 4.74 Å². The molecule has 0 rings (SSSR count). The molecule has 0 bridgehead atoms. The lowest BCUT2D eigenvalue weighted by atomic mass is 10.2. The molecule has 0 aliphatic carbocycles. The Kier molecular flexibility index (Phi) is 5.06. The number of esters is 1. The predicted octanol–water partition coefficient (Wildman–Crippen LogP) is 0.393. The lowest BCUT2D eigenvalue weighted by Crippen LogP contribution is -2.34. The van der Waals surface area contributed by atoms with Gasteiger partial charge in [0.25, 0.3) is 0 Å². The predicted molar refractivity (Wildman–Crippen MR) is 44.3 cm³/mol. The Morgan fingerprint density at radius 1 is 1.75 bits per heavy atom. The molecule has 4 heteroatoms. The number of likely N-dealkylation sites (N-methyl/N-ethyl adjacent to an activating group) is 1. The minimum atomic E-state index is -0.276. The standard InChI is InChI=1S/C8H14N2O2/c1-7(4-5-9)10(2)6-8(11)12-3/h7H,4,6H2,1-3H3. The van der Waals surface area contributed by atoms with Crippen LogP contribution < -0.4 is 0 Å². The third-order valence-corrected chi connectivity index (χ3v) is 1.75. The van der Waals surface area contributed by atoms with Gasteiger partial charge in [-0.3, -0.25) is 9.69 Å². The number of carbonyl (C=O) groups is 1. The molecule has 0 aromatic heterocycles. The number of nitriles is 1. The first-order valence-electron chi connectivity index (χ1n) is 3.75. The third-order valence-electron chi connectivity index (χ3n) is 1.75. The molecule has 0 radical (unpaired) electrons. The van der Waals surface area contributed by atoms with Gasteiger partial charge in [0.05, 0.1) is 26.1 Å². The molecule has 1 atom stereocenters. The number of ether oxygens (including phenoxy) is 1. The molecule has 4 nitrogen and oxygen atoms in total. The van der Waals surface area contributed by atoms with Crippen LogP contribution in [0.15, 0.2) is 0 Å². The van der Waals surface area contributed by atoms with E-state index in [1.165, 1.54) is 7.11 Å². The minimum absolute atomic E-state index is 0.0918. The third kappa shape index (κ3) is 3.94. The fourth-order valence-corrected chi connectivity index (χ4v) is 0.712. The van der Waals surface area contributed by atoms with E-state index in [1.54, 1.807) is 11.9 Å². The minimum Gasteiger partial charge on any atom is -0.468 e. The summed E-state index contributed by atoms with van der Waals surface area (Å²) in [6, 6.07) is 2.14. The van der Waals surface area contributed by atoms with Crippen LogP contribution in [0.2, 0.25) is 0 Å². The van der Waals surface area contributed by atoms with E-state index in [1.807, 2.05) is 13.0 Å². The fourth-order valence-electron chi connectivity index (χ4n) is 0.712. The van der Waals surface area contributed by atoms with Gasteiger partial charge >= 0.3 is 5.97 Å². The van der Waals surface area contributed by atoms with Crippen molar-refractivity contribution in [1.29, 1.82) is 5.26 Å². The topological polar surface area (TPSA) is 53.3 Å². The van der Waals surface area contributed by atoms with E-state index >= 15 is 0 Å². The Bertz CT molecular complexity index is 186. The van der Waals surface area contributed by atoms with E-state index in [-0.39, 0.29) is 18.6 Å². The van der Waals surface area contributed by atoms with Gasteiger partial charge in [-0.2, -0.15) is 5.26 Å². The quantitative estimate of drug-likeness (QED) is 0.573. The van der Waals surface area contributed by atoms with Gasteiger partial charge in [0.15, 0.2) is 0 Å². The molecule has 0 saturated carbocycles. The first-order valence-corrected chi connectivity index (χ1v) is 3.75. The molecule has 0 aromatic carbocycles. The molecule has 0 spiro atoms. The molecule has 0 aliphatic rings. The van der Waals surface area contributed by atoms with Crippen molar-refractivity contribution in [2.24, 2.45) is 0 Å². The van der Waals surface area contributed by atoms with Crippen molar-refractivity contribution < 1.29 is 9.53 Å². The molecule has 0 aliphatic heterocycles. The van der Waals surface area contributed by atoms with Crippen LogP contribution in [0, 0.1) is 11.3 Å². The number of methoxy groups -OCH3 is 1. The van der Waals surface area contributed by atoms with Crippen LogP contribution in [0.25, 0.3) is 0 Å². The second-order valence-electron chi connectivity index (χ2n) is 2.70. The van der Waals surface area contributed by atoms with E-state index in [9.17, 15) is 4.79 Å². The van der Waals surface area contributed by atoms with Crippen molar-refractivity contribution in [3.05, 3.63) is 0 Å². The van der Waals surface area contributed by atoms with Crippen molar-refractivity contribution in [2.75, 3.05) is 20.7 Å². The van der Waals surface area contributed by atoms with Crippen LogP contribution in [0.1, 0.15) is 13.3 Å². The Labute approximate surface area is 72.7 Å². The maximum Gasteiger partial charge on any atom is 0.319 e. The van der Waals surface area contributed by atoms with E-state index in [4.69, 9.17) is 5.26 Å². The molecule has 12 heavy (non-hydrogen) atoms. The van der Waals surface area contributed by atoms with Gasteiger partial charge in [-0.1, -0.05) is 0 Å². The number of carbonyl (C=O) groups excluding carboxylic acids is 1. The van der Waals surface area contributed by atoms with Crippen molar-refractivity contribution in [1.82, 2.24) is 4.90 Å². The largest absolute Gasteiger partial charge is 0.468 e. The van der Waals surface area contributed by atoms with Crippen LogP contribution in [-0.2, 0) is 9.53 Å². The summed E-state index contributed by atoms with van der Waals surface area (Å²) >= 11 is 0. The summed E-state index contributed by atoms with van der Waals surface area (Å²) in [7, 11) is 3.14. The molecule has 0 amide bonds. The molecule has 68 valence electrons. The zero-order chi connectivity index (χ0) is 9.56. The highest BCUT2D eigenvalue weighted by atomic mass is 16.5. The molecule has 0 fully saturated rings. The van der Waals surface area contributed by atoms with Crippen molar-refractivity contribution in [3.8, 4) is 6.07 Å². The van der Waals surface area contributed by atoms with Crippen LogP contribution >= 0.6 is 0 Å². The van der Waals surface area contributed by atoms with Crippen molar-refractivity contribution in [3.63, 3.8) is 0 Å². The Morgan fingerprint density at radius 2 is 2.33 bits per heavy atom. The summed E-state index contributed by atoms with van der Waals surface area (Å²) in [5.41, 5.74) is 0. The number of hydrogen-bond acceptors (Lipinski definition) is 4. The van der Waals surface area contributed by atoms with Gasteiger partial charge in [-0.25, -0.2) is 0 Å². The molecule has 0 N–H and O–H groups in total. The van der Waals surface area contributed by atoms with Crippen LogP contribution in [0.4, 0.5) is 0 Å². The Morgan fingerprint density at radius 3 is 2.75 bits per heavy atom. The van der Waals surface area contributed by atoms with Gasteiger partial charge in [0.1, 0.15) is 0 Å². The highest BCUT2D eigenvalue weighted by Gasteiger charge is 2.12. The highest BCUT2D eigenvalue weighted by Crippen LogP contribution is 1.99. The fraction of sp³-hybridized carbons (Fsp3) is 0.750. The zero-order valence-electron chi connectivity index (χ0n) is 7.70. The number of rotatable bonds is 4. The summed E-state index contributed by atoms with van der Waals surface area (Å²) in [6.07, 6.45) is 0.424. The second kappa shape index (κ2) is 5.56. The smallest absolute Gasteiger partial charge is 0.319 e. The first kappa shape index (κ1) is 10.9. The van der Waals surface area contributed by atoms with E-state index in [0.717, 1.165) is 0 Å². The van der Waals surface area contributed by atoms with Crippen LogP contribution in [0.5, 0.6) is 0 Å². The highest BCUT2D eigenvalue weighted by molar-refractivity contribution is 5.71. The SMILES string of the molecule is COC(=O)CN(C)C(C)CC#N. The molecule has 0 aromatic rings. The van der Waals surface area contributed by atoms with E-state index in [0.29, 0.717) is 6.42 Å². The van der Waals surface area contributed by atoms with Crippen molar-refractivity contribution in [2.45, 2.75) is 19.4 Å². The molecular formula is C8H14N2O2. The van der Waals surface area contributed by atoms with Crippen LogP contribution in [-0.4, -0.2) is 37.6 Å². The van der Waals surface area contributed by atoms with Gasteiger partial charge in [0, 0.05) is 6.04 Å². The maximum absolute atomic E-state index is 10.8. The summed E-state index contributed by atoms with van der Waals surface area (Å²) < 4.78 is 4.49. The lowest BCUT2D eigenvalue weighted by molar-refractivity contribution is -0.142. The van der Waals surface area contributed by atoms with E-state index in [2.05, 4.69) is 4.74 Å². The number of hydrogen-bond donors (Lipinski definition) is 0. The Balaban J connectivity index is 3.79. The van der Waals surface area contributed by atoms with Gasteiger partial charge in [0.2, 0.25) is 0 Å². The zero-order valence-corrected chi connectivity index (χ0v) is 7.70. The monoisotopic (exact) mass is 170 g/mol. The first-order chi connectivity index (χ1) is 5.61. The summed E-state index contributed by atoms with van der Waals surface area (Å²) in [5.74, 6) is -0.276. The average molecular weight is 170 g/mol. The normalized spacial score (nSPS) is 12.2. The number of nitrogens with zero attached hydrogens (tertiary/aromatic N) is 2. The van der Waals surface area contributed by atoms with Crippen molar-refractivity contribution >= 4 is 5.97 Å². The lowest BCUT2D eigenvalue weighted by Gasteiger charge is -2.20. The molecule has 0 saturated heterocycles. The molecular weight excluding hydrogens is 156 g/mol. The van der Waals surface area contributed by atoms with Crippen LogP contribution in [0.3, 0.4) is 0 Å². The molecule has 0 heterocycles. The summed E-state index contributed by atoms with van der Waals surface area (Å²) in [6.45, 7) is 2.13. The molecule has 1 unspecified atom stereocenters. The van der Waals surface area contributed by atoms with E-state index < -0.39 is 0 Å². The van der Waals surface area contributed by atoms with Gasteiger partial charge in [-0.15, -0.1) is 0 Å². The summed E-state index contributed by atoms with van der Waals surface area (Å²) in [4.78, 5) is 12.6. The average Bonchev–Trinajstić information content (AvgIpc) is 2.04. The second-order valence-corrected chi connectivity index (χ2v) is 2.70.